The average Bonchev–Trinajstić information content (AvgIpc) is 2.58. The summed E-state index contributed by atoms with van der Waals surface area (Å²) in [6.07, 6.45) is 0.0688. The molecule has 0 radical (unpaired) electrons. The van der Waals surface area contributed by atoms with Crippen LogP contribution in [0.15, 0.2) is 0 Å². The minimum absolute atomic E-state index is 0.0688. The Balaban J connectivity index is 2.08. The number of nitrogens with one attached hydrogen (secondary N) is 1. The van der Waals surface area contributed by atoms with E-state index in [9.17, 15) is 4.79 Å². The number of rotatable bonds is 4. The summed E-state index contributed by atoms with van der Waals surface area (Å²) in [5.41, 5.74) is 3.20. The molecule has 2 N–H and O–H groups in total. The summed E-state index contributed by atoms with van der Waals surface area (Å²) in [5.74, 6) is -0.298. The second kappa shape index (κ2) is 4.67. The molecular weight excluding hydrogens is 220 g/mol. The molecule has 0 aromatic carbocycles. The van der Waals surface area contributed by atoms with Crippen LogP contribution in [0.4, 0.5) is 5.95 Å². The number of hydrogen-bond donors (Lipinski definition) is 2. The predicted molar refractivity (Wildman–Crippen MR) is 62.7 cm³/mol. The van der Waals surface area contributed by atoms with Gasteiger partial charge in [0, 0.05) is 30.9 Å². The van der Waals surface area contributed by atoms with Gasteiger partial charge in [0.15, 0.2) is 0 Å². The molecule has 1 aliphatic rings. The topological polar surface area (TPSA) is 78.3 Å². The number of aryl methyl sites for hydroxylation is 1. The Morgan fingerprint density at radius 1 is 1.47 bits per heavy atom. The first kappa shape index (κ1) is 11.8. The molecule has 6 nitrogen and oxygen atoms in total. The van der Waals surface area contributed by atoms with Crippen molar-refractivity contribution >= 4 is 11.9 Å². The average molecular weight is 236 g/mol. The molecule has 0 atom stereocenters. The fourth-order valence-corrected chi connectivity index (χ4v) is 1.93. The van der Waals surface area contributed by atoms with Crippen LogP contribution in [0.25, 0.3) is 0 Å². The van der Waals surface area contributed by atoms with E-state index in [2.05, 4.69) is 20.2 Å². The highest BCUT2D eigenvalue weighted by Crippen LogP contribution is 2.22. The third-order valence-corrected chi connectivity index (χ3v) is 2.77. The lowest BCUT2D eigenvalue weighted by Gasteiger charge is -2.07. The van der Waals surface area contributed by atoms with Crippen LogP contribution in [0, 0.1) is 6.92 Å². The maximum Gasteiger partial charge on any atom is 0.305 e. The SMILES string of the molecule is Cc1nc(NCCC(=O)O)nc2c1CN(C)C2. The Labute approximate surface area is 99.7 Å². The van der Waals surface area contributed by atoms with Crippen LogP contribution in [0.1, 0.15) is 23.4 Å². The van der Waals surface area contributed by atoms with Gasteiger partial charge in [0.2, 0.25) is 5.95 Å². The lowest BCUT2D eigenvalue weighted by atomic mass is 10.2. The third-order valence-electron chi connectivity index (χ3n) is 2.77. The Bertz CT molecular complexity index is 447. The van der Waals surface area contributed by atoms with Crippen LogP contribution in [-0.4, -0.2) is 39.5 Å². The van der Waals surface area contributed by atoms with Crippen molar-refractivity contribution in [2.75, 3.05) is 18.9 Å². The zero-order chi connectivity index (χ0) is 12.4. The predicted octanol–water partition coefficient (Wildman–Crippen LogP) is 0.617. The van der Waals surface area contributed by atoms with Gasteiger partial charge in [-0.05, 0) is 14.0 Å². The molecule has 0 saturated heterocycles. The van der Waals surface area contributed by atoms with Gasteiger partial charge in [-0.2, -0.15) is 0 Å². The van der Waals surface area contributed by atoms with Crippen LogP contribution in [0.2, 0.25) is 0 Å². The Morgan fingerprint density at radius 3 is 2.94 bits per heavy atom. The lowest BCUT2D eigenvalue weighted by Crippen LogP contribution is -2.11. The molecule has 2 heterocycles. The van der Waals surface area contributed by atoms with E-state index in [4.69, 9.17) is 5.11 Å². The molecular formula is C11H16N4O2. The largest absolute Gasteiger partial charge is 0.481 e. The zero-order valence-electron chi connectivity index (χ0n) is 10.0. The number of carboxylic acid groups (broad SMARTS) is 1. The molecule has 0 unspecified atom stereocenters. The van der Waals surface area contributed by atoms with Crippen molar-refractivity contribution in [3.63, 3.8) is 0 Å². The fourth-order valence-electron chi connectivity index (χ4n) is 1.93. The molecule has 92 valence electrons. The Hall–Kier alpha value is -1.69. The quantitative estimate of drug-likeness (QED) is 0.797. The van der Waals surface area contributed by atoms with E-state index < -0.39 is 5.97 Å². The van der Waals surface area contributed by atoms with E-state index >= 15 is 0 Å². The molecule has 0 spiro atoms. The molecule has 0 bridgehead atoms. The number of anilines is 1. The summed E-state index contributed by atoms with van der Waals surface area (Å²) in [4.78, 5) is 21.3. The van der Waals surface area contributed by atoms with E-state index in [1.165, 1.54) is 5.56 Å². The summed E-state index contributed by atoms with van der Waals surface area (Å²) in [6.45, 7) is 4.02. The van der Waals surface area contributed by atoms with Crippen LogP contribution < -0.4 is 5.32 Å². The highest BCUT2D eigenvalue weighted by atomic mass is 16.4. The first-order chi connectivity index (χ1) is 8.06. The van der Waals surface area contributed by atoms with E-state index in [1.54, 1.807) is 0 Å². The smallest absolute Gasteiger partial charge is 0.305 e. The van der Waals surface area contributed by atoms with Crippen LogP contribution >= 0.6 is 0 Å². The van der Waals surface area contributed by atoms with Gasteiger partial charge in [-0.1, -0.05) is 0 Å². The van der Waals surface area contributed by atoms with Crippen LogP contribution in [0.3, 0.4) is 0 Å². The summed E-state index contributed by atoms with van der Waals surface area (Å²) >= 11 is 0. The maximum atomic E-state index is 10.4. The minimum atomic E-state index is -0.824. The van der Waals surface area contributed by atoms with E-state index in [0.717, 1.165) is 24.5 Å². The van der Waals surface area contributed by atoms with Crippen molar-refractivity contribution in [2.24, 2.45) is 0 Å². The second-order valence-electron chi connectivity index (χ2n) is 4.30. The van der Waals surface area contributed by atoms with E-state index in [0.29, 0.717) is 12.5 Å². The first-order valence-corrected chi connectivity index (χ1v) is 5.57. The molecule has 17 heavy (non-hydrogen) atoms. The Morgan fingerprint density at radius 2 is 2.24 bits per heavy atom. The maximum absolute atomic E-state index is 10.4. The number of carboxylic acids is 1. The molecule has 0 saturated carbocycles. The molecule has 1 aliphatic heterocycles. The molecule has 1 aromatic heterocycles. The van der Waals surface area contributed by atoms with E-state index in [1.807, 2.05) is 14.0 Å². The number of aliphatic carboxylic acids is 1. The second-order valence-corrected chi connectivity index (χ2v) is 4.30. The number of aromatic nitrogens is 2. The number of carbonyl (C=O) groups is 1. The molecule has 0 fully saturated rings. The number of nitrogens with zero attached hydrogens (tertiary/aromatic N) is 3. The first-order valence-electron chi connectivity index (χ1n) is 5.57. The van der Waals surface area contributed by atoms with Gasteiger partial charge < -0.3 is 10.4 Å². The monoisotopic (exact) mass is 236 g/mol. The van der Waals surface area contributed by atoms with Gasteiger partial charge in [0.05, 0.1) is 12.1 Å². The van der Waals surface area contributed by atoms with Gasteiger partial charge in [-0.25, -0.2) is 9.97 Å². The van der Waals surface area contributed by atoms with Crippen molar-refractivity contribution < 1.29 is 9.90 Å². The molecule has 1 aromatic rings. The molecule has 0 aliphatic carbocycles. The van der Waals surface area contributed by atoms with Crippen molar-refractivity contribution in [1.29, 1.82) is 0 Å². The fraction of sp³-hybridized carbons (Fsp3) is 0.545. The summed E-state index contributed by atoms with van der Waals surface area (Å²) in [6, 6.07) is 0. The highest BCUT2D eigenvalue weighted by Gasteiger charge is 2.20. The van der Waals surface area contributed by atoms with Crippen LogP contribution in [0.5, 0.6) is 0 Å². The summed E-state index contributed by atoms with van der Waals surface area (Å²) in [5, 5.41) is 11.5. The Kier molecular flexibility index (Phi) is 3.23. The van der Waals surface area contributed by atoms with Crippen molar-refractivity contribution in [2.45, 2.75) is 26.4 Å². The normalized spacial score (nSPS) is 14.7. The summed E-state index contributed by atoms with van der Waals surface area (Å²) < 4.78 is 0. The standard InChI is InChI=1S/C11H16N4O2/c1-7-8-5-15(2)6-9(8)14-11(13-7)12-4-3-10(16)17/h3-6H2,1-2H3,(H,16,17)(H,12,13,14). The van der Waals surface area contributed by atoms with Gasteiger partial charge in [-0.3, -0.25) is 9.69 Å². The third kappa shape index (κ3) is 2.71. The van der Waals surface area contributed by atoms with Crippen LogP contribution in [-0.2, 0) is 17.9 Å². The minimum Gasteiger partial charge on any atom is -0.481 e. The summed E-state index contributed by atoms with van der Waals surface area (Å²) in [7, 11) is 2.04. The lowest BCUT2D eigenvalue weighted by molar-refractivity contribution is -0.136. The highest BCUT2D eigenvalue weighted by molar-refractivity contribution is 5.67. The van der Waals surface area contributed by atoms with Crippen molar-refractivity contribution in [3.05, 3.63) is 17.0 Å². The van der Waals surface area contributed by atoms with Gasteiger partial charge in [0.1, 0.15) is 0 Å². The van der Waals surface area contributed by atoms with Crippen molar-refractivity contribution in [1.82, 2.24) is 14.9 Å². The molecule has 6 heteroatoms. The van der Waals surface area contributed by atoms with Gasteiger partial charge in [0.25, 0.3) is 0 Å². The number of fused-ring (bicyclic) bond motifs is 1. The van der Waals surface area contributed by atoms with Crippen molar-refractivity contribution in [3.8, 4) is 0 Å². The zero-order valence-corrected chi connectivity index (χ0v) is 10.0. The number of hydrogen-bond acceptors (Lipinski definition) is 5. The molecule has 2 rings (SSSR count). The molecule has 0 amide bonds. The van der Waals surface area contributed by atoms with Gasteiger partial charge in [-0.15, -0.1) is 0 Å². The van der Waals surface area contributed by atoms with Gasteiger partial charge >= 0.3 is 5.97 Å². The van der Waals surface area contributed by atoms with E-state index in [-0.39, 0.29) is 6.42 Å².